The quantitative estimate of drug-likeness (QED) is 0.671. The van der Waals surface area contributed by atoms with Crippen molar-refractivity contribution in [2.24, 2.45) is 0 Å². The molecule has 2 aromatic carbocycles. The zero-order chi connectivity index (χ0) is 14.7. The summed E-state index contributed by atoms with van der Waals surface area (Å²) in [6.45, 7) is 1.78. The first-order chi connectivity index (χ1) is 9.50. The number of rotatable bonds is 3. The smallest absolute Gasteiger partial charge is 0.342 e. The highest BCUT2D eigenvalue weighted by molar-refractivity contribution is 6.38. The molecule has 2 rings (SSSR count). The highest BCUT2D eigenvalue weighted by atomic mass is 35.5. The van der Waals surface area contributed by atoms with E-state index >= 15 is 0 Å². The Balaban J connectivity index is 2.23. The average molecular weight is 310 g/mol. The van der Waals surface area contributed by atoms with E-state index in [1.165, 1.54) is 12.1 Å². The lowest BCUT2D eigenvalue weighted by atomic mass is 10.1. The van der Waals surface area contributed by atoms with Crippen molar-refractivity contribution in [2.45, 2.75) is 13.0 Å². The number of nitrogen functional groups attached to an aromatic ring is 1. The van der Waals surface area contributed by atoms with Gasteiger partial charge >= 0.3 is 5.97 Å². The van der Waals surface area contributed by atoms with Gasteiger partial charge in [-0.05, 0) is 24.6 Å². The van der Waals surface area contributed by atoms with Crippen LogP contribution >= 0.6 is 23.2 Å². The maximum atomic E-state index is 12.2. The van der Waals surface area contributed by atoms with Crippen molar-refractivity contribution in [1.29, 1.82) is 0 Å². The molecule has 0 aliphatic heterocycles. The molecule has 2 aromatic rings. The second kappa shape index (κ2) is 6.16. The van der Waals surface area contributed by atoms with Crippen LogP contribution in [0.5, 0.6) is 0 Å². The lowest BCUT2D eigenvalue weighted by Gasteiger charge is -2.15. The molecular weight excluding hydrogens is 297 g/mol. The first-order valence-electron chi connectivity index (χ1n) is 6.00. The lowest BCUT2D eigenvalue weighted by molar-refractivity contribution is 0.0339. The van der Waals surface area contributed by atoms with Crippen LogP contribution in [0.2, 0.25) is 10.0 Å². The normalized spacial score (nSPS) is 11.9. The van der Waals surface area contributed by atoms with Gasteiger partial charge in [0.05, 0.1) is 15.7 Å². The van der Waals surface area contributed by atoms with Crippen molar-refractivity contribution in [3.8, 4) is 0 Å². The number of hydrogen-bond donors (Lipinski definition) is 1. The van der Waals surface area contributed by atoms with E-state index in [9.17, 15) is 4.79 Å². The van der Waals surface area contributed by atoms with Crippen LogP contribution in [0.1, 0.15) is 28.9 Å². The van der Waals surface area contributed by atoms with Crippen molar-refractivity contribution < 1.29 is 9.53 Å². The Morgan fingerprint density at radius 2 is 1.70 bits per heavy atom. The highest BCUT2D eigenvalue weighted by Crippen LogP contribution is 2.31. The number of ether oxygens (including phenoxy) is 1. The van der Waals surface area contributed by atoms with Crippen LogP contribution in [0.25, 0.3) is 0 Å². The monoisotopic (exact) mass is 309 g/mol. The molecule has 0 aromatic heterocycles. The molecule has 1 unspecified atom stereocenters. The Morgan fingerprint density at radius 3 is 2.35 bits per heavy atom. The highest BCUT2D eigenvalue weighted by Gasteiger charge is 2.20. The minimum atomic E-state index is -0.591. The molecule has 0 saturated heterocycles. The number of anilines is 1. The minimum absolute atomic E-state index is 0.0990. The van der Waals surface area contributed by atoms with Gasteiger partial charge in [-0.25, -0.2) is 4.79 Å². The van der Waals surface area contributed by atoms with Gasteiger partial charge in [0.15, 0.2) is 0 Å². The number of carbonyl (C=O) groups excluding carboxylic acids is 1. The molecule has 0 radical (unpaired) electrons. The van der Waals surface area contributed by atoms with Crippen LogP contribution in [0, 0.1) is 0 Å². The molecule has 0 spiro atoms. The third-order valence-electron chi connectivity index (χ3n) is 2.90. The topological polar surface area (TPSA) is 52.3 Å². The Morgan fingerprint density at radius 1 is 1.10 bits per heavy atom. The second-order valence-corrected chi connectivity index (χ2v) is 5.09. The van der Waals surface area contributed by atoms with E-state index in [0.717, 1.165) is 5.56 Å². The summed E-state index contributed by atoms with van der Waals surface area (Å²) in [6, 6.07) is 12.5. The van der Waals surface area contributed by atoms with Gasteiger partial charge in [0.1, 0.15) is 11.7 Å². The fourth-order valence-electron chi connectivity index (χ4n) is 1.79. The Kier molecular flexibility index (Phi) is 4.53. The van der Waals surface area contributed by atoms with E-state index in [0.29, 0.717) is 0 Å². The van der Waals surface area contributed by atoms with E-state index in [-0.39, 0.29) is 21.3 Å². The number of nitrogens with two attached hydrogens (primary N) is 1. The SMILES string of the molecule is CC(OC(=O)c1c(Cl)ccc(Cl)c1N)c1ccccc1. The molecule has 0 saturated carbocycles. The summed E-state index contributed by atoms with van der Waals surface area (Å²) >= 11 is 11.9. The lowest BCUT2D eigenvalue weighted by Crippen LogP contribution is -2.12. The molecule has 104 valence electrons. The van der Waals surface area contributed by atoms with Crippen molar-refractivity contribution >= 4 is 34.9 Å². The van der Waals surface area contributed by atoms with Crippen molar-refractivity contribution in [3.05, 3.63) is 63.6 Å². The van der Waals surface area contributed by atoms with Gasteiger partial charge in [-0.15, -0.1) is 0 Å². The summed E-state index contributed by atoms with van der Waals surface area (Å²) in [5.41, 5.74) is 6.90. The molecule has 0 amide bonds. The Bertz CT molecular complexity index is 629. The fourth-order valence-corrected chi connectivity index (χ4v) is 2.19. The number of esters is 1. The zero-order valence-electron chi connectivity index (χ0n) is 10.8. The fraction of sp³-hybridized carbons (Fsp3) is 0.133. The molecule has 5 heteroatoms. The van der Waals surface area contributed by atoms with E-state index in [1.54, 1.807) is 6.92 Å². The maximum Gasteiger partial charge on any atom is 0.342 e. The van der Waals surface area contributed by atoms with Crippen LogP contribution in [0.15, 0.2) is 42.5 Å². The van der Waals surface area contributed by atoms with Crippen LogP contribution in [0.3, 0.4) is 0 Å². The number of hydrogen-bond acceptors (Lipinski definition) is 3. The molecular formula is C15H13Cl2NO2. The average Bonchev–Trinajstić information content (AvgIpc) is 2.44. The zero-order valence-corrected chi connectivity index (χ0v) is 12.3. The number of halogens is 2. The molecule has 0 fully saturated rings. The maximum absolute atomic E-state index is 12.2. The molecule has 0 aliphatic carbocycles. The van der Waals surface area contributed by atoms with Crippen LogP contribution in [0.4, 0.5) is 5.69 Å². The van der Waals surface area contributed by atoms with Gasteiger partial charge in [-0.1, -0.05) is 53.5 Å². The van der Waals surface area contributed by atoms with Crippen molar-refractivity contribution in [3.63, 3.8) is 0 Å². The summed E-state index contributed by atoms with van der Waals surface area (Å²) < 4.78 is 5.38. The summed E-state index contributed by atoms with van der Waals surface area (Å²) in [4.78, 5) is 12.2. The van der Waals surface area contributed by atoms with Gasteiger partial charge < -0.3 is 10.5 Å². The summed E-state index contributed by atoms with van der Waals surface area (Å²) in [5, 5.41) is 0.492. The third kappa shape index (κ3) is 3.06. The molecule has 0 heterocycles. The van der Waals surface area contributed by atoms with Gasteiger partial charge in [0.25, 0.3) is 0 Å². The van der Waals surface area contributed by atoms with Gasteiger partial charge in [0, 0.05) is 0 Å². The molecule has 2 N–H and O–H groups in total. The van der Waals surface area contributed by atoms with E-state index in [4.69, 9.17) is 33.7 Å². The van der Waals surface area contributed by atoms with Crippen LogP contribution in [-0.2, 0) is 4.74 Å². The van der Waals surface area contributed by atoms with E-state index in [1.807, 2.05) is 30.3 Å². The van der Waals surface area contributed by atoms with E-state index < -0.39 is 12.1 Å². The summed E-state index contributed by atoms with van der Waals surface area (Å²) in [7, 11) is 0. The summed E-state index contributed by atoms with van der Waals surface area (Å²) in [6.07, 6.45) is -0.404. The number of carbonyl (C=O) groups is 1. The molecule has 3 nitrogen and oxygen atoms in total. The standard InChI is InChI=1S/C15H13Cl2NO2/c1-9(10-5-3-2-4-6-10)20-15(19)13-11(16)7-8-12(17)14(13)18/h2-9H,18H2,1H3. The second-order valence-electron chi connectivity index (χ2n) is 4.28. The predicted octanol–water partition coefficient (Wildman–Crippen LogP) is 4.49. The summed E-state index contributed by atoms with van der Waals surface area (Å²) in [5.74, 6) is -0.591. The van der Waals surface area contributed by atoms with Crippen molar-refractivity contribution in [1.82, 2.24) is 0 Å². The first kappa shape index (κ1) is 14.7. The van der Waals surface area contributed by atoms with E-state index in [2.05, 4.69) is 0 Å². The molecule has 0 aliphatic rings. The first-order valence-corrected chi connectivity index (χ1v) is 6.75. The Hall–Kier alpha value is -1.71. The third-order valence-corrected chi connectivity index (χ3v) is 3.54. The molecule has 20 heavy (non-hydrogen) atoms. The predicted molar refractivity (Wildman–Crippen MR) is 81.1 cm³/mol. The Labute approximate surface area is 127 Å². The van der Waals surface area contributed by atoms with Gasteiger partial charge in [-0.3, -0.25) is 0 Å². The van der Waals surface area contributed by atoms with Crippen LogP contribution < -0.4 is 5.73 Å². The van der Waals surface area contributed by atoms with Gasteiger partial charge in [0.2, 0.25) is 0 Å². The largest absolute Gasteiger partial charge is 0.454 e. The molecule has 0 bridgehead atoms. The molecule has 1 atom stereocenters. The minimum Gasteiger partial charge on any atom is -0.454 e. The van der Waals surface area contributed by atoms with Crippen LogP contribution in [-0.4, -0.2) is 5.97 Å². The number of benzene rings is 2. The van der Waals surface area contributed by atoms with Crippen molar-refractivity contribution in [2.75, 3.05) is 5.73 Å². The van der Waals surface area contributed by atoms with Gasteiger partial charge in [-0.2, -0.15) is 0 Å².